The molecule has 89 valence electrons. The zero-order valence-corrected chi connectivity index (χ0v) is 10.3. The SMILES string of the molecule is CN1CCN(C2CC[B]CC2CC=O)CC1. The maximum atomic E-state index is 10.7. The van der Waals surface area contributed by atoms with Gasteiger partial charge in [-0.2, -0.15) is 0 Å². The highest BCUT2D eigenvalue weighted by atomic mass is 16.1. The van der Waals surface area contributed by atoms with Crippen LogP contribution in [0.25, 0.3) is 0 Å². The minimum absolute atomic E-state index is 0.578. The van der Waals surface area contributed by atoms with Gasteiger partial charge in [0.15, 0.2) is 0 Å². The Morgan fingerprint density at radius 3 is 2.75 bits per heavy atom. The number of hydrogen-bond acceptors (Lipinski definition) is 3. The fourth-order valence-corrected chi connectivity index (χ4v) is 3.02. The summed E-state index contributed by atoms with van der Waals surface area (Å²) in [5.41, 5.74) is 0. The van der Waals surface area contributed by atoms with E-state index in [-0.39, 0.29) is 0 Å². The summed E-state index contributed by atoms with van der Waals surface area (Å²) in [6.07, 6.45) is 5.46. The quantitative estimate of drug-likeness (QED) is 0.519. The van der Waals surface area contributed by atoms with Gasteiger partial charge < -0.3 is 9.69 Å². The van der Waals surface area contributed by atoms with Crippen molar-refractivity contribution in [2.45, 2.75) is 31.5 Å². The van der Waals surface area contributed by atoms with Crippen molar-refractivity contribution >= 4 is 13.6 Å². The second kappa shape index (κ2) is 5.83. The fraction of sp³-hybridized carbons (Fsp3) is 0.917. The summed E-state index contributed by atoms with van der Waals surface area (Å²) in [4.78, 5) is 15.7. The van der Waals surface area contributed by atoms with Crippen molar-refractivity contribution in [1.29, 1.82) is 0 Å². The van der Waals surface area contributed by atoms with Crippen molar-refractivity contribution < 1.29 is 4.79 Å². The molecule has 2 saturated heterocycles. The molecule has 0 amide bonds. The smallest absolute Gasteiger partial charge is 0.120 e. The fourth-order valence-electron chi connectivity index (χ4n) is 3.02. The van der Waals surface area contributed by atoms with Gasteiger partial charge in [0, 0.05) is 38.6 Å². The molecule has 0 aliphatic carbocycles. The Hall–Kier alpha value is -0.345. The van der Waals surface area contributed by atoms with Gasteiger partial charge in [0.1, 0.15) is 13.6 Å². The Kier molecular flexibility index (Phi) is 4.41. The van der Waals surface area contributed by atoms with E-state index in [1.54, 1.807) is 0 Å². The molecule has 2 heterocycles. The molecule has 16 heavy (non-hydrogen) atoms. The molecule has 3 nitrogen and oxygen atoms in total. The van der Waals surface area contributed by atoms with Crippen LogP contribution in [0.1, 0.15) is 12.8 Å². The van der Waals surface area contributed by atoms with Crippen LogP contribution < -0.4 is 0 Å². The van der Waals surface area contributed by atoms with Crippen molar-refractivity contribution in [2.75, 3.05) is 33.2 Å². The molecule has 0 bridgehead atoms. The molecule has 0 aromatic carbocycles. The molecular formula is C12H22BN2O. The first-order chi connectivity index (χ1) is 7.81. The Bertz CT molecular complexity index is 229. The third-order valence-corrected chi connectivity index (χ3v) is 4.09. The van der Waals surface area contributed by atoms with Crippen molar-refractivity contribution in [3.8, 4) is 0 Å². The first-order valence-corrected chi connectivity index (χ1v) is 6.49. The minimum atomic E-state index is 0.578. The largest absolute Gasteiger partial charge is 0.304 e. The molecule has 2 aliphatic heterocycles. The van der Waals surface area contributed by atoms with Crippen LogP contribution in [0.15, 0.2) is 0 Å². The number of likely N-dealkylation sites (N-methyl/N-ethyl adjacent to an activating group) is 1. The normalized spacial score (nSPS) is 33.3. The highest BCUT2D eigenvalue weighted by Gasteiger charge is 2.31. The summed E-state index contributed by atoms with van der Waals surface area (Å²) in [5, 5.41) is 0. The van der Waals surface area contributed by atoms with Gasteiger partial charge in [-0.1, -0.05) is 12.6 Å². The number of carbonyl (C=O) groups excluding carboxylic acids is 1. The molecule has 4 heteroatoms. The molecule has 0 saturated carbocycles. The maximum absolute atomic E-state index is 10.7. The van der Waals surface area contributed by atoms with E-state index in [9.17, 15) is 4.79 Å². The van der Waals surface area contributed by atoms with E-state index in [0.717, 1.165) is 19.0 Å². The molecule has 1 radical (unpaired) electrons. The van der Waals surface area contributed by atoms with Crippen molar-refractivity contribution in [3.05, 3.63) is 0 Å². The Morgan fingerprint density at radius 1 is 1.31 bits per heavy atom. The first-order valence-electron chi connectivity index (χ1n) is 6.49. The van der Waals surface area contributed by atoms with Gasteiger partial charge >= 0.3 is 0 Å². The second-order valence-electron chi connectivity index (χ2n) is 5.17. The predicted molar refractivity (Wildman–Crippen MR) is 67.0 cm³/mol. The summed E-state index contributed by atoms with van der Waals surface area (Å²) in [6, 6.07) is 0.656. The number of carbonyl (C=O) groups is 1. The van der Waals surface area contributed by atoms with Crippen LogP contribution in [0.5, 0.6) is 0 Å². The van der Waals surface area contributed by atoms with Gasteiger partial charge in [0.2, 0.25) is 0 Å². The zero-order chi connectivity index (χ0) is 11.4. The third kappa shape index (κ3) is 2.86. The van der Waals surface area contributed by atoms with Crippen LogP contribution in [0.4, 0.5) is 0 Å². The molecule has 2 atom stereocenters. The van der Waals surface area contributed by atoms with Gasteiger partial charge in [-0.05, 0) is 19.4 Å². The van der Waals surface area contributed by atoms with E-state index in [1.807, 2.05) is 0 Å². The van der Waals surface area contributed by atoms with E-state index >= 15 is 0 Å². The van der Waals surface area contributed by atoms with Crippen molar-refractivity contribution in [2.24, 2.45) is 5.92 Å². The summed E-state index contributed by atoms with van der Waals surface area (Å²) >= 11 is 0. The monoisotopic (exact) mass is 221 g/mol. The van der Waals surface area contributed by atoms with E-state index < -0.39 is 0 Å². The Morgan fingerprint density at radius 2 is 2.06 bits per heavy atom. The Labute approximate surface area is 99.4 Å². The van der Waals surface area contributed by atoms with Crippen LogP contribution in [-0.2, 0) is 4.79 Å². The third-order valence-electron chi connectivity index (χ3n) is 4.09. The number of rotatable bonds is 3. The molecule has 0 spiro atoms. The number of piperazine rings is 1. The topological polar surface area (TPSA) is 23.6 Å². The van der Waals surface area contributed by atoms with E-state index in [1.165, 1.54) is 38.9 Å². The highest BCUT2D eigenvalue weighted by Crippen LogP contribution is 2.28. The van der Waals surface area contributed by atoms with Crippen molar-refractivity contribution in [3.63, 3.8) is 0 Å². The summed E-state index contributed by atoms with van der Waals surface area (Å²) in [6.45, 7) is 4.70. The molecule has 0 aromatic heterocycles. The molecule has 2 aliphatic rings. The van der Waals surface area contributed by atoms with Gasteiger partial charge in [-0.25, -0.2) is 0 Å². The summed E-state index contributed by atoms with van der Waals surface area (Å²) < 4.78 is 0. The van der Waals surface area contributed by atoms with Crippen molar-refractivity contribution in [1.82, 2.24) is 9.80 Å². The van der Waals surface area contributed by atoms with Crippen LogP contribution in [0, 0.1) is 5.92 Å². The minimum Gasteiger partial charge on any atom is -0.304 e. The summed E-state index contributed by atoms with van der Waals surface area (Å²) in [5.74, 6) is 0.578. The lowest BCUT2D eigenvalue weighted by atomic mass is 9.58. The van der Waals surface area contributed by atoms with Crippen LogP contribution in [-0.4, -0.2) is 62.6 Å². The number of hydrogen-bond donors (Lipinski definition) is 0. The van der Waals surface area contributed by atoms with Gasteiger partial charge in [-0.3, -0.25) is 4.90 Å². The first kappa shape index (κ1) is 12.1. The molecule has 0 aromatic rings. The molecule has 2 unspecified atom stereocenters. The van der Waals surface area contributed by atoms with Crippen LogP contribution in [0.2, 0.25) is 12.6 Å². The standard InChI is InChI=1S/C12H22BN2O/c1-14-5-7-15(8-6-14)12-2-4-13-10-11(12)3-9-16/h9,11-12H,2-8,10H2,1H3. The van der Waals surface area contributed by atoms with E-state index in [2.05, 4.69) is 24.1 Å². The van der Waals surface area contributed by atoms with Crippen LogP contribution in [0.3, 0.4) is 0 Å². The van der Waals surface area contributed by atoms with Crippen LogP contribution >= 0.6 is 0 Å². The van der Waals surface area contributed by atoms with E-state index in [0.29, 0.717) is 12.0 Å². The highest BCUT2D eigenvalue weighted by molar-refractivity contribution is 6.35. The maximum Gasteiger partial charge on any atom is 0.120 e. The molecule has 2 rings (SSSR count). The lowest BCUT2D eigenvalue weighted by Crippen LogP contribution is -2.52. The second-order valence-corrected chi connectivity index (χ2v) is 5.17. The lowest BCUT2D eigenvalue weighted by Gasteiger charge is -2.43. The van der Waals surface area contributed by atoms with Gasteiger partial charge in [0.25, 0.3) is 0 Å². The number of aldehydes is 1. The lowest BCUT2D eigenvalue weighted by molar-refractivity contribution is -0.109. The molecule has 2 fully saturated rings. The van der Waals surface area contributed by atoms with Gasteiger partial charge in [0.05, 0.1) is 0 Å². The zero-order valence-electron chi connectivity index (χ0n) is 10.3. The van der Waals surface area contributed by atoms with Gasteiger partial charge in [-0.15, -0.1) is 0 Å². The molecular weight excluding hydrogens is 199 g/mol. The Balaban J connectivity index is 1.91. The average molecular weight is 221 g/mol. The average Bonchev–Trinajstić information content (AvgIpc) is 2.32. The number of nitrogens with zero attached hydrogens (tertiary/aromatic N) is 2. The van der Waals surface area contributed by atoms with E-state index in [4.69, 9.17) is 0 Å². The molecule has 0 N–H and O–H groups in total. The summed E-state index contributed by atoms with van der Waals surface area (Å²) in [7, 11) is 4.55. The predicted octanol–water partition coefficient (Wildman–Crippen LogP) is 0.752.